The van der Waals surface area contributed by atoms with Crippen LogP contribution in [0.3, 0.4) is 0 Å². The van der Waals surface area contributed by atoms with Gasteiger partial charge in [0.15, 0.2) is 0 Å². The lowest BCUT2D eigenvalue weighted by molar-refractivity contribution is -0.00000781. The maximum Gasteiger partial charge on any atom is 0.404 e. The highest BCUT2D eigenvalue weighted by molar-refractivity contribution is 7.81. The predicted molar refractivity (Wildman–Crippen MR) is 154 cm³/mol. The number of nitrogens with one attached hydrogen (secondary N) is 3. The molecule has 0 radical (unpaired) electrons. The second-order valence-corrected chi connectivity index (χ2v) is 11.0. The summed E-state index contributed by atoms with van der Waals surface area (Å²) >= 11 is 0. The van der Waals surface area contributed by atoms with E-state index in [1.54, 1.807) is 0 Å². The molecule has 9 nitrogen and oxygen atoms in total. The monoisotopic (exact) mass is 597 g/mol. The molecule has 3 aromatic carbocycles. The number of hydrogen-bond donors (Lipinski definition) is 3. The minimum Gasteiger partial charge on any atom is -1.00 e. The Morgan fingerprint density at radius 3 is 1.37 bits per heavy atom. The quantitative estimate of drug-likeness (QED) is 0.228. The number of nitrogens with zero attached hydrogens (tertiary/aromatic N) is 4. The Kier molecular flexibility index (Phi) is 10.1. The summed E-state index contributed by atoms with van der Waals surface area (Å²) in [6.07, 6.45) is 0. The zero-order chi connectivity index (χ0) is 26.3. The van der Waals surface area contributed by atoms with Crippen LogP contribution < -0.4 is 47.3 Å². The van der Waals surface area contributed by atoms with E-state index in [0.717, 1.165) is 17.1 Å². The normalized spacial score (nSPS) is 10.8. The fraction of sp³-hybridized carbons (Fsp3) is 0.222. The first-order chi connectivity index (χ1) is 18.0. The second-order valence-electron chi connectivity index (χ2n) is 8.19. The van der Waals surface area contributed by atoms with Crippen LogP contribution in [-0.4, -0.2) is 34.8 Å². The van der Waals surface area contributed by atoms with Crippen LogP contribution in [0.15, 0.2) is 101 Å². The van der Waals surface area contributed by atoms with Gasteiger partial charge in [-0.15, -0.1) is 5.10 Å². The molecule has 0 aliphatic carbocycles. The lowest BCUT2D eigenvalue weighted by atomic mass is 10.3. The SMILES string of the molecule is CCN(c1ccccc1)[P+](Nc1n[nH]c(=O)[nH]c1=O)(N(CC)c1ccccc1)N(CC)c1ccccc1.[Br-]. The highest BCUT2D eigenvalue weighted by Crippen LogP contribution is 2.69. The third-order valence-corrected chi connectivity index (χ3v) is 10.1. The zero-order valence-corrected chi connectivity index (χ0v) is 24.2. The number of rotatable bonds is 11. The van der Waals surface area contributed by atoms with Crippen molar-refractivity contribution >= 4 is 30.7 Å². The van der Waals surface area contributed by atoms with Gasteiger partial charge in [0.05, 0.1) is 36.7 Å². The van der Waals surface area contributed by atoms with Crippen molar-refractivity contribution in [3.63, 3.8) is 0 Å². The van der Waals surface area contributed by atoms with Crippen LogP contribution in [0, 0.1) is 0 Å². The Balaban J connectivity index is 0.00000400. The Morgan fingerprint density at radius 2 is 1.05 bits per heavy atom. The molecule has 0 aliphatic rings. The molecule has 0 spiro atoms. The summed E-state index contributed by atoms with van der Waals surface area (Å²) < 4.78 is 6.94. The minimum absolute atomic E-state index is 0. The molecular weight excluding hydrogens is 565 g/mol. The van der Waals surface area contributed by atoms with Gasteiger partial charge in [-0.25, -0.2) is 9.89 Å². The van der Waals surface area contributed by atoms with Crippen molar-refractivity contribution < 1.29 is 17.0 Å². The van der Waals surface area contributed by atoms with E-state index in [1.165, 1.54) is 0 Å². The van der Waals surface area contributed by atoms with Crippen LogP contribution in [0.4, 0.5) is 22.9 Å². The van der Waals surface area contributed by atoms with Gasteiger partial charge in [-0.1, -0.05) is 54.6 Å². The molecule has 0 saturated carbocycles. The van der Waals surface area contributed by atoms with E-state index >= 15 is 0 Å². The van der Waals surface area contributed by atoms with Crippen LogP contribution in [0.1, 0.15) is 20.8 Å². The zero-order valence-electron chi connectivity index (χ0n) is 21.7. The molecule has 0 saturated heterocycles. The van der Waals surface area contributed by atoms with Gasteiger partial charge in [-0.3, -0.25) is 9.78 Å². The molecule has 0 fully saturated rings. The van der Waals surface area contributed by atoms with Crippen molar-refractivity contribution in [2.24, 2.45) is 0 Å². The van der Waals surface area contributed by atoms with Crippen molar-refractivity contribution in [1.29, 1.82) is 0 Å². The summed E-state index contributed by atoms with van der Waals surface area (Å²) in [5, 5.41) is 10.1. The van der Waals surface area contributed by atoms with E-state index in [9.17, 15) is 9.59 Å². The summed E-state index contributed by atoms with van der Waals surface area (Å²) in [6.45, 7) is 8.22. The highest BCUT2D eigenvalue weighted by atomic mass is 79.9. The Labute approximate surface area is 233 Å². The summed E-state index contributed by atoms with van der Waals surface area (Å²) in [5.41, 5.74) is 1.76. The van der Waals surface area contributed by atoms with Crippen molar-refractivity contribution in [1.82, 2.24) is 15.2 Å². The molecular formula is C27H33BrN7O2P. The number of hydrogen-bond acceptors (Lipinski definition) is 7. The van der Waals surface area contributed by atoms with Gasteiger partial charge in [0.1, 0.15) is 0 Å². The van der Waals surface area contributed by atoms with E-state index < -0.39 is 19.1 Å². The number of halogens is 1. The Morgan fingerprint density at radius 1 is 0.684 bits per heavy atom. The third-order valence-electron chi connectivity index (χ3n) is 6.04. The van der Waals surface area contributed by atoms with E-state index in [4.69, 9.17) is 0 Å². The van der Waals surface area contributed by atoms with Crippen LogP contribution in [0.2, 0.25) is 0 Å². The van der Waals surface area contributed by atoms with Gasteiger partial charge in [0.2, 0.25) is 5.82 Å². The van der Waals surface area contributed by atoms with E-state index in [-0.39, 0.29) is 22.8 Å². The van der Waals surface area contributed by atoms with Crippen LogP contribution >= 0.6 is 7.87 Å². The molecule has 0 amide bonds. The first-order valence-electron chi connectivity index (χ1n) is 12.4. The van der Waals surface area contributed by atoms with Crippen LogP contribution in [0.25, 0.3) is 0 Å². The highest BCUT2D eigenvalue weighted by Gasteiger charge is 2.58. The molecule has 11 heteroatoms. The lowest BCUT2D eigenvalue weighted by Crippen LogP contribution is -3.00. The van der Waals surface area contributed by atoms with Gasteiger partial charge in [0, 0.05) is 0 Å². The van der Waals surface area contributed by atoms with E-state index in [1.807, 2.05) is 54.6 Å². The molecule has 4 rings (SSSR count). The number of para-hydroxylation sites is 3. The number of aromatic amines is 2. The first-order valence-corrected chi connectivity index (χ1v) is 14.0. The van der Waals surface area contributed by atoms with Gasteiger partial charge in [-0.05, 0) is 57.2 Å². The summed E-state index contributed by atoms with van der Waals surface area (Å²) in [7, 11) is -2.91. The molecule has 0 unspecified atom stereocenters. The average Bonchev–Trinajstić information content (AvgIpc) is 2.93. The molecule has 0 bridgehead atoms. The van der Waals surface area contributed by atoms with E-state index in [2.05, 4.69) is 91.4 Å². The molecule has 1 aromatic heterocycles. The Hall–Kier alpha value is -3.62. The maximum absolute atomic E-state index is 13.0. The molecule has 1 heterocycles. The molecule has 4 aromatic rings. The first kappa shape index (κ1) is 28.9. The van der Waals surface area contributed by atoms with Gasteiger partial charge in [-0.2, -0.15) is 19.1 Å². The van der Waals surface area contributed by atoms with Crippen LogP contribution in [0.5, 0.6) is 0 Å². The molecule has 3 N–H and O–H groups in total. The lowest BCUT2D eigenvalue weighted by Gasteiger charge is -2.47. The fourth-order valence-electron chi connectivity index (χ4n) is 4.56. The fourth-order valence-corrected chi connectivity index (χ4v) is 8.69. The van der Waals surface area contributed by atoms with Gasteiger partial charge in [0.25, 0.3) is 5.56 Å². The van der Waals surface area contributed by atoms with Gasteiger partial charge >= 0.3 is 13.6 Å². The predicted octanol–water partition coefficient (Wildman–Crippen LogP) is 2.13. The molecule has 0 aliphatic heterocycles. The smallest absolute Gasteiger partial charge is 0.404 e. The number of anilines is 4. The summed E-state index contributed by atoms with van der Waals surface area (Å²) in [4.78, 5) is 27.2. The van der Waals surface area contributed by atoms with Gasteiger partial charge < -0.3 is 17.0 Å². The number of benzene rings is 3. The molecule has 38 heavy (non-hydrogen) atoms. The third kappa shape index (κ3) is 5.76. The Bertz CT molecular complexity index is 1270. The standard InChI is InChI=1S/C27H32N7O2P.BrH/c1-4-32(22-16-10-7-11-17-22)37(31-25-26(35)28-27(36)30-29-25,33(5-2)23-18-12-8-13-19-23)34(6-3)24-20-14-9-15-21-24;/h7-21H,4-6H2,1-3H3,(H2-,28,29,30,31,35,36);1H. The largest absolute Gasteiger partial charge is 1.00 e. The van der Waals surface area contributed by atoms with Crippen molar-refractivity contribution in [2.45, 2.75) is 20.8 Å². The number of H-pyrrole nitrogens is 2. The van der Waals surface area contributed by atoms with Crippen LogP contribution in [-0.2, 0) is 0 Å². The van der Waals surface area contributed by atoms with Crippen molar-refractivity contribution in [3.05, 3.63) is 112 Å². The maximum atomic E-state index is 13.0. The number of aromatic nitrogens is 3. The molecule has 200 valence electrons. The molecule has 0 atom stereocenters. The summed E-state index contributed by atoms with van der Waals surface area (Å²) in [5.74, 6) is 0.0473. The van der Waals surface area contributed by atoms with Crippen molar-refractivity contribution in [2.75, 3.05) is 38.7 Å². The second kappa shape index (κ2) is 13.3. The van der Waals surface area contributed by atoms with Crippen molar-refractivity contribution in [3.8, 4) is 0 Å². The average molecular weight is 598 g/mol. The minimum atomic E-state index is -2.91. The summed E-state index contributed by atoms with van der Waals surface area (Å²) in [6, 6.07) is 30.5. The topological polar surface area (TPSA) is 100 Å². The van der Waals surface area contributed by atoms with E-state index in [0.29, 0.717) is 19.6 Å².